The van der Waals surface area contributed by atoms with E-state index in [9.17, 15) is 13.2 Å². The van der Waals surface area contributed by atoms with E-state index < -0.39 is 5.82 Å². The van der Waals surface area contributed by atoms with Gasteiger partial charge in [0, 0.05) is 38.3 Å². The van der Waals surface area contributed by atoms with Crippen LogP contribution in [0.3, 0.4) is 0 Å². The van der Waals surface area contributed by atoms with Gasteiger partial charge in [0.05, 0.1) is 0 Å². The second-order valence-electron chi connectivity index (χ2n) is 11.5. The van der Waals surface area contributed by atoms with Crippen LogP contribution in [-0.4, -0.2) is 9.97 Å². The molecule has 0 spiro atoms. The van der Waals surface area contributed by atoms with Gasteiger partial charge in [0.15, 0.2) is 0 Å². The molecule has 0 bridgehead atoms. The van der Waals surface area contributed by atoms with Gasteiger partial charge in [-0.1, -0.05) is 47.5 Å². The first-order chi connectivity index (χ1) is 22.0. The summed E-state index contributed by atoms with van der Waals surface area (Å²) in [5, 5.41) is 4.06. The summed E-state index contributed by atoms with van der Waals surface area (Å²) in [4.78, 5) is 8.68. The van der Waals surface area contributed by atoms with Gasteiger partial charge in [0.1, 0.15) is 11.6 Å². The van der Waals surface area contributed by atoms with E-state index in [4.69, 9.17) is 4.98 Å². The van der Waals surface area contributed by atoms with Gasteiger partial charge in [-0.2, -0.15) is 0 Å². The Morgan fingerprint density at radius 3 is 2.13 bits per heavy atom. The number of pyridine rings is 2. The Morgan fingerprint density at radius 2 is 1.30 bits per heavy atom. The number of aromatic nitrogens is 2. The Kier molecular flexibility index (Phi) is 8.02. The van der Waals surface area contributed by atoms with E-state index in [0.717, 1.165) is 58.5 Å². The first-order valence-corrected chi connectivity index (χ1v) is 15.0. The van der Waals surface area contributed by atoms with Gasteiger partial charge in [-0.25, -0.2) is 13.2 Å². The second-order valence-corrected chi connectivity index (χ2v) is 11.5. The summed E-state index contributed by atoms with van der Waals surface area (Å²) in [5.74, 6) is -0.991. The molecular weight excluding hydrogens is 758 g/mol. The molecule has 2 heterocycles. The van der Waals surface area contributed by atoms with Crippen LogP contribution < -0.4 is 0 Å². The van der Waals surface area contributed by atoms with Crippen LogP contribution in [0.5, 0.6) is 0 Å². The van der Waals surface area contributed by atoms with Crippen molar-refractivity contribution in [3.8, 4) is 33.6 Å². The molecule has 0 fully saturated rings. The number of aryl methyl sites for hydroxylation is 4. The monoisotopic (exact) mass is 783 g/mol. The molecule has 6 heteroatoms. The fraction of sp³-hybridized carbons (Fsp3) is 0.100. The predicted molar refractivity (Wildman–Crippen MR) is 172 cm³/mol. The first kappa shape index (κ1) is 30.0. The normalized spacial score (nSPS) is 12.6. The summed E-state index contributed by atoms with van der Waals surface area (Å²) >= 11 is 0. The van der Waals surface area contributed by atoms with Gasteiger partial charge >= 0.3 is 0 Å². The molecule has 7 aromatic rings. The van der Waals surface area contributed by atoms with Crippen LogP contribution in [0.4, 0.5) is 13.2 Å². The van der Waals surface area contributed by atoms with Crippen molar-refractivity contribution in [3.63, 3.8) is 0 Å². The molecular formula is C40H25F3IrN2-2. The third kappa shape index (κ3) is 5.42. The number of halogens is 3. The SMILES string of the molecule is Fc1cc[c-]c(-c2cc(F)ccn2)c1.Fc1ccc2ccc3c(-c4[c-]c5c6c(c4)CCc4cccc(c4-6)CC5)nccc3c2c1.[Ir]. The fourth-order valence-corrected chi connectivity index (χ4v) is 6.76. The number of benzene rings is 5. The summed E-state index contributed by atoms with van der Waals surface area (Å²) in [5.41, 5.74) is 11.4. The van der Waals surface area contributed by atoms with Crippen LogP contribution in [0.15, 0.2) is 103 Å². The Bertz CT molecular complexity index is 2190. The second kappa shape index (κ2) is 12.3. The van der Waals surface area contributed by atoms with Crippen molar-refractivity contribution in [2.75, 3.05) is 0 Å². The van der Waals surface area contributed by atoms with Gasteiger partial charge in [-0.3, -0.25) is 0 Å². The number of rotatable bonds is 2. The van der Waals surface area contributed by atoms with Crippen molar-refractivity contribution in [1.29, 1.82) is 0 Å². The molecule has 5 aromatic carbocycles. The fourth-order valence-electron chi connectivity index (χ4n) is 6.76. The molecule has 2 aliphatic rings. The minimum absolute atomic E-state index is 0. The molecule has 1 radical (unpaired) electrons. The van der Waals surface area contributed by atoms with Crippen molar-refractivity contribution < 1.29 is 33.3 Å². The zero-order valence-electron chi connectivity index (χ0n) is 24.5. The number of hydrogen-bond donors (Lipinski definition) is 0. The van der Waals surface area contributed by atoms with Gasteiger partial charge in [-0.15, -0.1) is 58.7 Å². The van der Waals surface area contributed by atoms with E-state index in [1.165, 1.54) is 76.0 Å². The predicted octanol–water partition coefficient (Wildman–Crippen LogP) is 9.68. The third-order valence-corrected chi connectivity index (χ3v) is 8.76. The minimum atomic E-state index is -0.396. The maximum absolute atomic E-state index is 14.0. The topological polar surface area (TPSA) is 25.8 Å². The van der Waals surface area contributed by atoms with E-state index in [2.05, 4.69) is 53.5 Å². The molecule has 0 atom stereocenters. The number of hydrogen-bond acceptors (Lipinski definition) is 2. The summed E-state index contributed by atoms with van der Waals surface area (Å²) in [7, 11) is 0. The van der Waals surface area contributed by atoms with E-state index in [1.54, 1.807) is 6.07 Å². The molecule has 46 heavy (non-hydrogen) atoms. The summed E-state index contributed by atoms with van der Waals surface area (Å²) in [6, 6.07) is 33.2. The molecule has 0 N–H and O–H groups in total. The Balaban J connectivity index is 0.000000191. The molecule has 2 aromatic heterocycles. The molecule has 0 saturated heterocycles. The molecule has 2 aliphatic carbocycles. The number of fused-ring (bicyclic) bond motifs is 3. The van der Waals surface area contributed by atoms with E-state index in [0.29, 0.717) is 11.3 Å². The largest absolute Gasteiger partial charge is 0.305 e. The van der Waals surface area contributed by atoms with Crippen molar-refractivity contribution in [3.05, 3.63) is 155 Å². The van der Waals surface area contributed by atoms with Crippen LogP contribution in [0.2, 0.25) is 0 Å². The Morgan fingerprint density at radius 1 is 0.565 bits per heavy atom. The maximum atomic E-state index is 14.0. The average molecular weight is 783 g/mol. The smallest absolute Gasteiger partial charge is 0.123 e. The molecule has 0 aliphatic heterocycles. The molecule has 0 amide bonds. The summed E-state index contributed by atoms with van der Waals surface area (Å²) < 4.78 is 39.6. The van der Waals surface area contributed by atoms with Gasteiger partial charge in [0.25, 0.3) is 0 Å². The van der Waals surface area contributed by atoms with Crippen LogP contribution in [-0.2, 0) is 45.8 Å². The number of nitrogens with zero attached hydrogens (tertiary/aromatic N) is 2. The van der Waals surface area contributed by atoms with E-state index in [1.807, 2.05) is 18.3 Å². The molecule has 0 unspecified atom stereocenters. The van der Waals surface area contributed by atoms with Crippen molar-refractivity contribution in [1.82, 2.24) is 9.97 Å². The van der Waals surface area contributed by atoms with Gasteiger partial charge in [0.2, 0.25) is 0 Å². The standard InChI is InChI=1S/C29H19FN.C11H6F2N.Ir/c30-23-10-8-17-9-11-25-24(26(17)16-23)12-13-31-29(25)22-14-20-6-4-18-2-1-3-19-5-7-21(15-22)28(20)27(18)19;12-9-3-1-2-8(6-9)11-7-10(13)4-5-14-11;/h1-3,8-14,16H,4-7H2;1,3-7H;/q2*-1;. The van der Waals surface area contributed by atoms with Gasteiger partial charge in [-0.05, 0) is 100 Å². The van der Waals surface area contributed by atoms with E-state index in [-0.39, 0.29) is 31.7 Å². The quantitative estimate of drug-likeness (QED) is 0.129. The molecule has 227 valence electrons. The average Bonchev–Trinajstić information content (AvgIpc) is 3.07. The molecule has 2 nitrogen and oxygen atoms in total. The van der Waals surface area contributed by atoms with E-state index >= 15 is 0 Å². The zero-order chi connectivity index (χ0) is 30.5. The van der Waals surface area contributed by atoms with Gasteiger partial charge < -0.3 is 9.97 Å². The summed E-state index contributed by atoms with van der Waals surface area (Å²) in [6.45, 7) is 0. The third-order valence-electron chi connectivity index (χ3n) is 8.76. The van der Waals surface area contributed by atoms with Crippen LogP contribution in [0.25, 0.3) is 55.2 Å². The minimum Gasteiger partial charge on any atom is -0.305 e. The van der Waals surface area contributed by atoms with Crippen LogP contribution in [0.1, 0.15) is 22.3 Å². The Hall–Kier alpha value is -4.64. The van der Waals surface area contributed by atoms with Crippen LogP contribution in [0, 0.1) is 29.6 Å². The molecule has 0 saturated carbocycles. The van der Waals surface area contributed by atoms with Crippen molar-refractivity contribution in [2.45, 2.75) is 25.7 Å². The zero-order valence-corrected chi connectivity index (χ0v) is 26.9. The van der Waals surface area contributed by atoms with Crippen molar-refractivity contribution in [2.24, 2.45) is 0 Å². The maximum Gasteiger partial charge on any atom is 0.123 e. The van der Waals surface area contributed by atoms with Crippen molar-refractivity contribution >= 4 is 21.5 Å². The Labute approximate surface area is 278 Å². The summed E-state index contributed by atoms with van der Waals surface area (Å²) in [6.07, 6.45) is 7.41. The van der Waals surface area contributed by atoms with Crippen LogP contribution >= 0.6 is 0 Å². The molecule has 9 rings (SSSR count). The first-order valence-electron chi connectivity index (χ1n) is 15.0.